The summed E-state index contributed by atoms with van der Waals surface area (Å²) >= 11 is 0. The summed E-state index contributed by atoms with van der Waals surface area (Å²) in [4.78, 5) is 60.1. The number of hydrogen-bond donors (Lipinski definition) is 1. The number of fused-ring (bicyclic) bond motifs is 1. The molecule has 6 rings (SSSR count). The van der Waals surface area contributed by atoms with Crippen molar-refractivity contribution in [1.82, 2.24) is 24.5 Å². The molecule has 2 fully saturated rings. The lowest BCUT2D eigenvalue weighted by Crippen LogP contribution is -2.59. The Hall–Kier alpha value is -4.78. The number of aliphatic hydroxyl groups excluding tert-OH is 1. The molecule has 3 aromatic carbocycles. The summed E-state index contributed by atoms with van der Waals surface area (Å²) in [5, 5.41) is 9.62. The summed E-state index contributed by atoms with van der Waals surface area (Å²) in [6, 6.07) is 26.6. The van der Waals surface area contributed by atoms with Gasteiger partial charge in [-0.15, -0.1) is 0 Å². The van der Waals surface area contributed by atoms with Gasteiger partial charge in [-0.05, 0) is 64.8 Å². The highest BCUT2D eigenvalue weighted by Crippen LogP contribution is 2.25. The molecule has 0 bridgehead atoms. The number of aliphatic hydroxyl groups is 1. The fourth-order valence-electron chi connectivity index (χ4n) is 6.86. The predicted octanol–water partition coefficient (Wildman–Crippen LogP) is 5.50. The number of carbonyl (C=O) groups excluding carboxylic acids is 4. The quantitative estimate of drug-likeness (QED) is 0.313. The van der Waals surface area contributed by atoms with Crippen LogP contribution < -0.4 is 0 Å². The first-order valence-electron chi connectivity index (χ1n) is 18.7. The van der Waals surface area contributed by atoms with Crippen LogP contribution in [0.5, 0.6) is 0 Å². The number of rotatable bonds is 7. The Labute approximate surface area is 319 Å². The second kappa shape index (κ2) is 17.6. The molecular formula is C42H55N5O7. The normalized spacial score (nSPS) is 19.6. The molecule has 3 aromatic rings. The Morgan fingerprint density at radius 2 is 1.00 bits per heavy atom. The number of carbonyl (C=O) groups is 4. The van der Waals surface area contributed by atoms with E-state index in [4.69, 9.17) is 9.47 Å². The van der Waals surface area contributed by atoms with Crippen molar-refractivity contribution >= 4 is 24.0 Å². The van der Waals surface area contributed by atoms with Crippen LogP contribution in [0.15, 0.2) is 84.9 Å². The van der Waals surface area contributed by atoms with Crippen molar-refractivity contribution in [3.8, 4) is 0 Å². The summed E-state index contributed by atoms with van der Waals surface area (Å²) in [6.45, 7) is 16.4. The van der Waals surface area contributed by atoms with E-state index in [-0.39, 0.29) is 43.1 Å². The highest BCUT2D eigenvalue weighted by molar-refractivity contribution is 6.21. The molecule has 2 saturated heterocycles. The average molecular weight is 742 g/mol. The van der Waals surface area contributed by atoms with E-state index in [2.05, 4.69) is 34.1 Å². The topological polar surface area (TPSA) is 123 Å². The van der Waals surface area contributed by atoms with E-state index < -0.39 is 17.3 Å². The fourth-order valence-corrected chi connectivity index (χ4v) is 6.86. The number of benzene rings is 3. The van der Waals surface area contributed by atoms with Gasteiger partial charge >= 0.3 is 12.2 Å². The van der Waals surface area contributed by atoms with Crippen LogP contribution in [0.3, 0.4) is 0 Å². The van der Waals surface area contributed by atoms with Gasteiger partial charge in [0.2, 0.25) is 0 Å². The highest BCUT2D eigenvalue weighted by Gasteiger charge is 2.41. The third-order valence-electron chi connectivity index (χ3n) is 9.37. The molecule has 0 radical (unpaired) electrons. The first-order chi connectivity index (χ1) is 25.6. The Kier molecular flexibility index (Phi) is 13.1. The van der Waals surface area contributed by atoms with Crippen molar-refractivity contribution in [3.63, 3.8) is 0 Å². The molecule has 0 aromatic heterocycles. The molecule has 3 heterocycles. The lowest BCUT2D eigenvalue weighted by atomic mass is 10.1. The van der Waals surface area contributed by atoms with E-state index in [0.29, 0.717) is 43.9 Å². The van der Waals surface area contributed by atoms with Crippen LogP contribution >= 0.6 is 0 Å². The van der Waals surface area contributed by atoms with E-state index in [0.717, 1.165) is 19.6 Å². The third-order valence-corrected chi connectivity index (χ3v) is 9.37. The van der Waals surface area contributed by atoms with Gasteiger partial charge in [-0.1, -0.05) is 72.8 Å². The zero-order valence-corrected chi connectivity index (χ0v) is 32.4. The maximum absolute atomic E-state index is 12.9. The van der Waals surface area contributed by atoms with Crippen LogP contribution in [0.1, 0.15) is 73.4 Å². The summed E-state index contributed by atoms with van der Waals surface area (Å²) < 4.78 is 11.0. The first kappa shape index (κ1) is 40.4. The van der Waals surface area contributed by atoms with E-state index in [1.54, 1.807) is 34.1 Å². The zero-order chi connectivity index (χ0) is 39.0. The van der Waals surface area contributed by atoms with Crippen LogP contribution in [-0.2, 0) is 22.6 Å². The smallest absolute Gasteiger partial charge is 0.410 e. The van der Waals surface area contributed by atoms with Crippen molar-refractivity contribution < 1.29 is 33.8 Å². The van der Waals surface area contributed by atoms with Gasteiger partial charge in [-0.2, -0.15) is 0 Å². The summed E-state index contributed by atoms with van der Waals surface area (Å²) in [6.07, 6.45) is -0.760. The van der Waals surface area contributed by atoms with Crippen molar-refractivity contribution in [2.45, 2.75) is 77.9 Å². The molecule has 12 nitrogen and oxygen atoms in total. The van der Waals surface area contributed by atoms with Gasteiger partial charge in [-0.3, -0.25) is 24.3 Å². The second-order valence-electron chi connectivity index (χ2n) is 16.0. The SMILES string of the molecule is CC(C)(C)OC(=O)N1CCN(Cc2ccccc2)CC1CN1C(=O)c2ccccc2C1=O.CC(C)(C)OC(=O)N1CCN(Cc2ccccc2)CC1CO. The largest absolute Gasteiger partial charge is 0.444 e. The molecule has 2 unspecified atom stereocenters. The van der Waals surface area contributed by atoms with Gasteiger partial charge < -0.3 is 24.4 Å². The number of piperazine rings is 2. The number of hydrogen-bond acceptors (Lipinski definition) is 9. The predicted molar refractivity (Wildman–Crippen MR) is 206 cm³/mol. The maximum Gasteiger partial charge on any atom is 0.410 e. The first-order valence-corrected chi connectivity index (χ1v) is 18.7. The number of nitrogens with zero attached hydrogens (tertiary/aromatic N) is 5. The molecule has 1 N–H and O–H groups in total. The zero-order valence-electron chi connectivity index (χ0n) is 32.4. The molecule has 0 spiro atoms. The minimum Gasteiger partial charge on any atom is -0.444 e. The summed E-state index contributed by atoms with van der Waals surface area (Å²) in [5.41, 5.74) is 2.11. The Bertz CT molecular complexity index is 1710. The lowest BCUT2D eigenvalue weighted by molar-refractivity contribution is -0.0127. The van der Waals surface area contributed by atoms with Crippen LogP contribution in [0, 0.1) is 0 Å². The van der Waals surface area contributed by atoms with Crippen LogP contribution in [-0.4, -0.2) is 129 Å². The van der Waals surface area contributed by atoms with Gasteiger partial charge in [0.05, 0.1) is 36.4 Å². The third kappa shape index (κ3) is 10.9. The molecule has 3 aliphatic heterocycles. The second-order valence-corrected chi connectivity index (χ2v) is 16.0. The molecule has 4 amide bonds. The van der Waals surface area contributed by atoms with Crippen LogP contribution in [0.4, 0.5) is 9.59 Å². The van der Waals surface area contributed by atoms with Crippen molar-refractivity contribution in [3.05, 3.63) is 107 Å². The van der Waals surface area contributed by atoms with Crippen LogP contribution in [0.25, 0.3) is 0 Å². The van der Waals surface area contributed by atoms with Crippen molar-refractivity contribution in [2.24, 2.45) is 0 Å². The highest BCUT2D eigenvalue weighted by atomic mass is 16.6. The molecule has 2 atom stereocenters. The van der Waals surface area contributed by atoms with Crippen molar-refractivity contribution in [1.29, 1.82) is 0 Å². The van der Waals surface area contributed by atoms with Gasteiger partial charge in [0.1, 0.15) is 11.2 Å². The number of amides is 4. The van der Waals surface area contributed by atoms with E-state index in [1.807, 2.05) is 77.9 Å². The average Bonchev–Trinajstić information content (AvgIpc) is 3.36. The molecule has 0 aliphatic carbocycles. The summed E-state index contributed by atoms with van der Waals surface area (Å²) in [7, 11) is 0. The molecule has 54 heavy (non-hydrogen) atoms. The molecule has 12 heteroatoms. The lowest BCUT2D eigenvalue weighted by Gasteiger charge is -2.42. The van der Waals surface area contributed by atoms with Gasteiger partial charge in [0.25, 0.3) is 11.8 Å². The molecular weight excluding hydrogens is 686 g/mol. The van der Waals surface area contributed by atoms with Crippen molar-refractivity contribution in [2.75, 3.05) is 52.4 Å². The van der Waals surface area contributed by atoms with E-state index >= 15 is 0 Å². The van der Waals surface area contributed by atoms with E-state index in [1.165, 1.54) is 16.0 Å². The summed E-state index contributed by atoms with van der Waals surface area (Å²) in [5.74, 6) is -0.621. The van der Waals surface area contributed by atoms with Gasteiger partial charge in [0.15, 0.2) is 0 Å². The molecule has 0 saturated carbocycles. The maximum atomic E-state index is 12.9. The monoisotopic (exact) mass is 741 g/mol. The fraction of sp³-hybridized carbons (Fsp3) is 0.476. The Morgan fingerprint density at radius 1 is 0.611 bits per heavy atom. The van der Waals surface area contributed by atoms with Gasteiger partial charge in [-0.25, -0.2) is 9.59 Å². The van der Waals surface area contributed by atoms with Crippen LogP contribution in [0.2, 0.25) is 0 Å². The number of ether oxygens (including phenoxy) is 2. The van der Waals surface area contributed by atoms with E-state index in [9.17, 15) is 24.3 Å². The van der Waals surface area contributed by atoms with Gasteiger partial charge in [0, 0.05) is 52.4 Å². The number of imide groups is 1. The minimum absolute atomic E-state index is 0.0511. The Morgan fingerprint density at radius 3 is 1.41 bits per heavy atom. The minimum atomic E-state index is -0.627. The molecule has 290 valence electrons. The standard InChI is InChI=1S/C25H29N3O4.C17H26N2O3/c1-25(2,3)32-24(31)27-14-13-26(15-18-9-5-4-6-10-18)16-19(27)17-28-22(29)20-11-7-8-12-21(20)23(28)30;1-17(2,3)22-16(21)19-10-9-18(12-15(19)13-20)11-14-7-5-4-6-8-14/h4-12,19H,13-17H2,1-3H3;4-8,15,20H,9-13H2,1-3H3. The Balaban J connectivity index is 0.000000223. The molecule has 3 aliphatic rings.